The Kier molecular flexibility index (Phi) is 7.47. The lowest BCUT2D eigenvalue weighted by Gasteiger charge is -2.21. The number of rotatable bonds is 9. The molecule has 0 aromatic heterocycles. The van der Waals surface area contributed by atoms with Gasteiger partial charge in [0.25, 0.3) is 0 Å². The smallest absolute Gasteiger partial charge is 0.164 e. The summed E-state index contributed by atoms with van der Waals surface area (Å²) in [5.41, 5.74) is 0.483. The fourth-order valence-electron chi connectivity index (χ4n) is 2.32. The van der Waals surface area contributed by atoms with E-state index in [4.69, 9.17) is 14.6 Å². The van der Waals surface area contributed by atoms with E-state index in [0.29, 0.717) is 43.1 Å². The molecule has 0 saturated heterocycles. The van der Waals surface area contributed by atoms with Crippen molar-refractivity contribution < 1.29 is 24.1 Å². The summed E-state index contributed by atoms with van der Waals surface area (Å²) in [7, 11) is 0. The van der Waals surface area contributed by atoms with Crippen LogP contribution in [0.15, 0.2) is 12.1 Å². The third-order valence-electron chi connectivity index (χ3n) is 3.36. The second kappa shape index (κ2) is 8.85. The number of benzene rings is 1. The molecule has 0 radical (unpaired) electrons. The maximum atomic E-state index is 14.3. The van der Waals surface area contributed by atoms with Gasteiger partial charge in [0.05, 0.1) is 25.9 Å². The summed E-state index contributed by atoms with van der Waals surface area (Å²) in [5.74, 6) is 0.340. The lowest BCUT2D eigenvalue weighted by Crippen LogP contribution is -2.17. The Morgan fingerprint density at radius 1 is 1.10 bits per heavy atom. The molecular weight excluding hydrogens is 275 g/mol. The summed E-state index contributed by atoms with van der Waals surface area (Å²) in [5, 5.41) is 18.6. The molecule has 21 heavy (non-hydrogen) atoms. The summed E-state index contributed by atoms with van der Waals surface area (Å²) in [6, 6.07) is 2.97. The number of aliphatic hydroxyl groups is 2. The highest BCUT2D eigenvalue weighted by atomic mass is 19.1. The van der Waals surface area contributed by atoms with Gasteiger partial charge in [0.1, 0.15) is 5.82 Å². The van der Waals surface area contributed by atoms with Gasteiger partial charge in [0, 0.05) is 6.07 Å². The minimum atomic E-state index is -0.850. The molecule has 120 valence electrons. The summed E-state index contributed by atoms with van der Waals surface area (Å²) < 4.78 is 25.2. The summed E-state index contributed by atoms with van der Waals surface area (Å²) in [6.45, 7) is 6.17. The van der Waals surface area contributed by atoms with Gasteiger partial charge >= 0.3 is 0 Å². The Bertz CT molecular complexity index is 437. The SMILES string of the molecule is CCOc1cc(F)c(C(CC)CC(O)CO)cc1OCC. The molecule has 0 amide bonds. The molecule has 0 aliphatic rings. The van der Waals surface area contributed by atoms with Crippen molar-refractivity contribution in [2.24, 2.45) is 0 Å². The van der Waals surface area contributed by atoms with Crippen LogP contribution in [0.5, 0.6) is 11.5 Å². The Labute approximate surface area is 125 Å². The van der Waals surface area contributed by atoms with Gasteiger partial charge in [0.15, 0.2) is 11.5 Å². The molecule has 4 nitrogen and oxygen atoms in total. The molecule has 2 unspecified atom stereocenters. The van der Waals surface area contributed by atoms with Crippen LogP contribution in [0.25, 0.3) is 0 Å². The van der Waals surface area contributed by atoms with E-state index in [9.17, 15) is 9.50 Å². The van der Waals surface area contributed by atoms with E-state index in [1.54, 1.807) is 6.07 Å². The first-order valence-corrected chi connectivity index (χ1v) is 7.45. The molecule has 1 aromatic rings. The summed E-state index contributed by atoms with van der Waals surface area (Å²) in [4.78, 5) is 0. The first-order chi connectivity index (χ1) is 10.1. The molecule has 1 aromatic carbocycles. The molecule has 0 aliphatic heterocycles. The first kappa shape index (κ1) is 17.7. The summed E-state index contributed by atoms with van der Waals surface area (Å²) in [6.07, 6.45) is 0.119. The van der Waals surface area contributed by atoms with Crippen LogP contribution in [0, 0.1) is 5.82 Å². The largest absolute Gasteiger partial charge is 0.490 e. The molecule has 2 atom stereocenters. The molecule has 0 bridgehead atoms. The fourth-order valence-corrected chi connectivity index (χ4v) is 2.32. The summed E-state index contributed by atoms with van der Waals surface area (Å²) >= 11 is 0. The second-order valence-electron chi connectivity index (χ2n) is 4.86. The monoisotopic (exact) mass is 300 g/mol. The zero-order valence-corrected chi connectivity index (χ0v) is 12.9. The van der Waals surface area contributed by atoms with Crippen molar-refractivity contribution in [1.29, 1.82) is 0 Å². The zero-order valence-electron chi connectivity index (χ0n) is 12.9. The van der Waals surface area contributed by atoms with Crippen LogP contribution < -0.4 is 9.47 Å². The topological polar surface area (TPSA) is 58.9 Å². The molecule has 1 rings (SSSR count). The first-order valence-electron chi connectivity index (χ1n) is 7.45. The van der Waals surface area contributed by atoms with Gasteiger partial charge in [-0.05, 0) is 44.2 Å². The predicted octanol–water partition coefficient (Wildman–Crippen LogP) is 2.86. The predicted molar refractivity (Wildman–Crippen MR) is 79.5 cm³/mol. The molecular formula is C16H25FO4. The normalized spacial score (nSPS) is 13.8. The third kappa shape index (κ3) is 4.86. The Morgan fingerprint density at radius 3 is 2.14 bits per heavy atom. The number of ether oxygens (including phenoxy) is 2. The quantitative estimate of drug-likeness (QED) is 0.736. The van der Waals surface area contributed by atoms with Crippen molar-refractivity contribution in [3.63, 3.8) is 0 Å². The number of hydrogen-bond acceptors (Lipinski definition) is 4. The highest BCUT2D eigenvalue weighted by Gasteiger charge is 2.21. The van der Waals surface area contributed by atoms with Crippen LogP contribution in [-0.2, 0) is 0 Å². The van der Waals surface area contributed by atoms with Gasteiger partial charge in [-0.1, -0.05) is 6.92 Å². The highest BCUT2D eigenvalue weighted by molar-refractivity contribution is 5.45. The van der Waals surface area contributed by atoms with Crippen molar-refractivity contribution in [2.75, 3.05) is 19.8 Å². The van der Waals surface area contributed by atoms with Crippen LogP contribution in [0.2, 0.25) is 0 Å². The average Bonchev–Trinajstić information content (AvgIpc) is 2.48. The van der Waals surface area contributed by atoms with Crippen LogP contribution in [0.1, 0.15) is 45.1 Å². The standard InChI is InChI=1S/C16H25FO4/c1-4-11(7-12(19)10-18)13-8-15(20-5-2)16(21-6-3)9-14(13)17/h8-9,11-12,18-19H,4-7,10H2,1-3H3. The van der Waals surface area contributed by atoms with E-state index < -0.39 is 6.10 Å². The molecule has 0 spiro atoms. The average molecular weight is 300 g/mol. The second-order valence-corrected chi connectivity index (χ2v) is 4.86. The lowest BCUT2D eigenvalue weighted by molar-refractivity contribution is 0.0814. The number of halogens is 1. The number of aliphatic hydroxyl groups excluding tert-OH is 2. The van der Waals surface area contributed by atoms with Crippen molar-refractivity contribution in [2.45, 2.75) is 45.6 Å². The Hall–Kier alpha value is -1.33. The van der Waals surface area contributed by atoms with E-state index >= 15 is 0 Å². The van der Waals surface area contributed by atoms with Gasteiger partial charge in [-0.25, -0.2) is 4.39 Å². The van der Waals surface area contributed by atoms with Crippen LogP contribution in [0.3, 0.4) is 0 Å². The molecule has 0 heterocycles. The van der Waals surface area contributed by atoms with Crippen molar-refractivity contribution >= 4 is 0 Å². The van der Waals surface area contributed by atoms with E-state index in [-0.39, 0.29) is 18.3 Å². The fraction of sp³-hybridized carbons (Fsp3) is 0.625. The van der Waals surface area contributed by atoms with Gasteiger partial charge < -0.3 is 19.7 Å². The molecule has 5 heteroatoms. The van der Waals surface area contributed by atoms with Crippen molar-refractivity contribution in [3.8, 4) is 11.5 Å². The van der Waals surface area contributed by atoms with Crippen LogP contribution >= 0.6 is 0 Å². The van der Waals surface area contributed by atoms with Gasteiger partial charge in [-0.2, -0.15) is 0 Å². The lowest BCUT2D eigenvalue weighted by atomic mass is 9.90. The van der Waals surface area contributed by atoms with E-state index in [1.165, 1.54) is 6.07 Å². The van der Waals surface area contributed by atoms with E-state index in [2.05, 4.69) is 0 Å². The Balaban J connectivity index is 3.12. The minimum Gasteiger partial charge on any atom is -0.490 e. The third-order valence-corrected chi connectivity index (χ3v) is 3.36. The van der Waals surface area contributed by atoms with E-state index in [0.717, 1.165) is 0 Å². The molecule has 0 saturated carbocycles. The minimum absolute atomic E-state index is 0.179. The van der Waals surface area contributed by atoms with Crippen LogP contribution in [0.4, 0.5) is 4.39 Å². The van der Waals surface area contributed by atoms with Crippen LogP contribution in [-0.4, -0.2) is 36.1 Å². The Morgan fingerprint density at radius 2 is 1.67 bits per heavy atom. The van der Waals surface area contributed by atoms with Gasteiger partial charge in [-0.3, -0.25) is 0 Å². The van der Waals surface area contributed by atoms with Crippen molar-refractivity contribution in [1.82, 2.24) is 0 Å². The highest BCUT2D eigenvalue weighted by Crippen LogP contribution is 2.36. The van der Waals surface area contributed by atoms with E-state index in [1.807, 2.05) is 20.8 Å². The molecule has 2 N–H and O–H groups in total. The molecule has 0 fully saturated rings. The van der Waals surface area contributed by atoms with Crippen molar-refractivity contribution in [3.05, 3.63) is 23.5 Å². The number of hydrogen-bond donors (Lipinski definition) is 2. The molecule has 0 aliphatic carbocycles. The maximum absolute atomic E-state index is 14.3. The zero-order chi connectivity index (χ0) is 15.8. The van der Waals surface area contributed by atoms with Gasteiger partial charge in [0.2, 0.25) is 0 Å². The van der Waals surface area contributed by atoms with Gasteiger partial charge in [-0.15, -0.1) is 0 Å². The maximum Gasteiger partial charge on any atom is 0.164 e.